The van der Waals surface area contributed by atoms with E-state index in [-0.39, 0.29) is 31.0 Å². The van der Waals surface area contributed by atoms with Crippen LogP contribution in [0, 0.1) is 0 Å². The summed E-state index contributed by atoms with van der Waals surface area (Å²) in [5.41, 5.74) is 5.19. The molecule has 0 saturated carbocycles. The number of amides is 2. The SMILES string of the molecule is COCC(=O)N1CCc2cccc(N3CCN(C(=O)Cn4cnc5cccnc54)C(C)C3)c2C1. The minimum atomic E-state index is 0.0215. The van der Waals surface area contributed by atoms with Gasteiger partial charge in [-0.1, -0.05) is 12.1 Å². The van der Waals surface area contributed by atoms with Gasteiger partial charge in [-0.2, -0.15) is 0 Å². The highest BCUT2D eigenvalue weighted by atomic mass is 16.5. The van der Waals surface area contributed by atoms with Gasteiger partial charge in [0.15, 0.2) is 5.65 Å². The predicted molar refractivity (Wildman–Crippen MR) is 128 cm³/mol. The van der Waals surface area contributed by atoms with Crippen LogP contribution < -0.4 is 4.90 Å². The second-order valence-corrected chi connectivity index (χ2v) is 9.01. The topological polar surface area (TPSA) is 83.8 Å². The molecule has 0 radical (unpaired) electrons. The van der Waals surface area contributed by atoms with Crippen molar-refractivity contribution >= 4 is 28.7 Å². The van der Waals surface area contributed by atoms with E-state index in [1.807, 2.05) is 26.5 Å². The monoisotopic (exact) mass is 462 g/mol. The van der Waals surface area contributed by atoms with Crippen LogP contribution in [-0.4, -0.2) is 82.1 Å². The summed E-state index contributed by atoms with van der Waals surface area (Å²) in [5.74, 6) is 0.0942. The van der Waals surface area contributed by atoms with Gasteiger partial charge in [-0.3, -0.25) is 9.59 Å². The Morgan fingerprint density at radius 2 is 1.97 bits per heavy atom. The lowest BCUT2D eigenvalue weighted by molar-refractivity contribution is -0.136. The summed E-state index contributed by atoms with van der Waals surface area (Å²) in [6.45, 7) is 5.90. The maximum atomic E-state index is 13.1. The lowest BCUT2D eigenvalue weighted by Crippen LogP contribution is -2.55. The van der Waals surface area contributed by atoms with Gasteiger partial charge in [0, 0.05) is 57.8 Å². The van der Waals surface area contributed by atoms with Crippen LogP contribution in [0.2, 0.25) is 0 Å². The van der Waals surface area contributed by atoms with Crippen LogP contribution >= 0.6 is 0 Å². The van der Waals surface area contributed by atoms with E-state index in [9.17, 15) is 9.59 Å². The Bertz CT molecular complexity index is 1210. The molecule has 1 fully saturated rings. The zero-order chi connectivity index (χ0) is 23.7. The summed E-state index contributed by atoms with van der Waals surface area (Å²) < 4.78 is 6.87. The van der Waals surface area contributed by atoms with Gasteiger partial charge in [0.25, 0.3) is 0 Å². The number of imidazole rings is 1. The number of nitrogens with zero attached hydrogens (tertiary/aromatic N) is 6. The van der Waals surface area contributed by atoms with Crippen molar-refractivity contribution in [2.24, 2.45) is 0 Å². The highest BCUT2D eigenvalue weighted by Gasteiger charge is 2.30. The van der Waals surface area contributed by atoms with Crippen LogP contribution in [0.15, 0.2) is 42.9 Å². The Morgan fingerprint density at radius 3 is 2.79 bits per heavy atom. The van der Waals surface area contributed by atoms with E-state index >= 15 is 0 Å². The van der Waals surface area contributed by atoms with Gasteiger partial charge in [-0.15, -0.1) is 0 Å². The molecule has 9 nitrogen and oxygen atoms in total. The molecule has 2 amide bonds. The first kappa shape index (κ1) is 22.3. The first-order valence-corrected chi connectivity index (χ1v) is 11.7. The number of piperazine rings is 1. The standard InChI is InChI=1S/C25H30N6O3/c1-18-13-28(22-7-3-5-19-8-10-29(14-20(19)22)24(33)16-34-2)11-12-31(18)23(32)15-30-17-27-21-6-4-9-26-25(21)30/h3-7,9,17-18H,8,10-16H2,1-2H3. The number of carbonyl (C=O) groups excluding carboxylic acids is 2. The van der Waals surface area contributed by atoms with Crippen molar-refractivity contribution < 1.29 is 14.3 Å². The maximum Gasteiger partial charge on any atom is 0.248 e. The summed E-state index contributed by atoms with van der Waals surface area (Å²) >= 11 is 0. The fourth-order valence-electron chi connectivity index (χ4n) is 5.08. The highest BCUT2D eigenvalue weighted by molar-refractivity contribution is 5.80. The number of carbonyl (C=O) groups is 2. The third-order valence-corrected chi connectivity index (χ3v) is 6.84. The van der Waals surface area contributed by atoms with E-state index in [1.54, 1.807) is 19.6 Å². The number of rotatable bonds is 5. The lowest BCUT2D eigenvalue weighted by atomic mass is 9.96. The molecule has 3 aromatic rings. The third kappa shape index (κ3) is 4.23. The Balaban J connectivity index is 1.28. The molecule has 5 rings (SSSR count). The van der Waals surface area contributed by atoms with Crippen LogP contribution in [-0.2, 0) is 33.8 Å². The zero-order valence-corrected chi connectivity index (χ0v) is 19.7. The van der Waals surface area contributed by atoms with Crippen LogP contribution in [0.3, 0.4) is 0 Å². The van der Waals surface area contributed by atoms with Crippen LogP contribution in [0.4, 0.5) is 5.69 Å². The Hall–Kier alpha value is -3.46. The third-order valence-electron chi connectivity index (χ3n) is 6.84. The molecular formula is C25H30N6O3. The van der Waals surface area contributed by atoms with Gasteiger partial charge >= 0.3 is 0 Å². The normalized spacial score (nSPS) is 18.3. The first-order chi connectivity index (χ1) is 16.5. The number of hydrogen-bond acceptors (Lipinski definition) is 6. The molecule has 2 aliphatic rings. The van der Waals surface area contributed by atoms with Crippen molar-refractivity contribution in [2.45, 2.75) is 32.5 Å². The van der Waals surface area contributed by atoms with Gasteiger partial charge < -0.3 is 24.0 Å². The second-order valence-electron chi connectivity index (χ2n) is 9.01. The van der Waals surface area contributed by atoms with Crippen LogP contribution in [0.25, 0.3) is 11.2 Å². The number of aromatic nitrogens is 3. The van der Waals surface area contributed by atoms with Gasteiger partial charge in [-0.25, -0.2) is 9.97 Å². The first-order valence-electron chi connectivity index (χ1n) is 11.7. The number of benzene rings is 1. The van der Waals surface area contributed by atoms with Gasteiger partial charge in [0.1, 0.15) is 18.7 Å². The maximum absolute atomic E-state index is 13.1. The largest absolute Gasteiger partial charge is 0.375 e. The van der Waals surface area contributed by atoms with Crippen molar-refractivity contribution in [3.63, 3.8) is 0 Å². The van der Waals surface area contributed by atoms with Gasteiger partial charge in [0.05, 0.1) is 6.33 Å². The molecule has 1 unspecified atom stereocenters. The molecule has 4 heterocycles. The molecule has 1 saturated heterocycles. The van der Waals surface area contributed by atoms with E-state index in [0.717, 1.165) is 42.9 Å². The predicted octanol–water partition coefficient (Wildman–Crippen LogP) is 1.70. The smallest absolute Gasteiger partial charge is 0.248 e. The quantitative estimate of drug-likeness (QED) is 0.574. The molecule has 1 atom stereocenters. The number of methoxy groups -OCH3 is 1. The molecule has 34 heavy (non-hydrogen) atoms. The minimum Gasteiger partial charge on any atom is -0.375 e. The summed E-state index contributed by atoms with van der Waals surface area (Å²) in [7, 11) is 1.55. The fraction of sp³-hybridized carbons (Fsp3) is 0.440. The molecule has 0 spiro atoms. The van der Waals surface area contributed by atoms with E-state index < -0.39 is 0 Å². The van der Waals surface area contributed by atoms with Crippen LogP contribution in [0.1, 0.15) is 18.1 Å². The Kier molecular flexibility index (Phi) is 6.19. The molecular weight excluding hydrogens is 432 g/mol. The lowest BCUT2D eigenvalue weighted by Gasteiger charge is -2.42. The van der Waals surface area contributed by atoms with E-state index in [0.29, 0.717) is 13.1 Å². The summed E-state index contributed by atoms with van der Waals surface area (Å²) in [4.78, 5) is 40.5. The van der Waals surface area contributed by atoms with Crippen molar-refractivity contribution in [1.82, 2.24) is 24.3 Å². The van der Waals surface area contributed by atoms with Crippen molar-refractivity contribution in [1.29, 1.82) is 0 Å². The average molecular weight is 463 g/mol. The molecule has 2 aromatic heterocycles. The molecule has 0 aliphatic carbocycles. The molecule has 9 heteroatoms. The minimum absolute atomic E-state index is 0.0215. The molecule has 1 aromatic carbocycles. The Labute approximate surface area is 198 Å². The summed E-state index contributed by atoms with van der Waals surface area (Å²) in [6.07, 6.45) is 4.25. The summed E-state index contributed by atoms with van der Waals surface area (Å²) in [5, 5.41) is 0. The molecule has 0 N–H and O–H groups in total. The fourth-order valence-corrected chi connectivity index (χ4v) is 5.08. The van der Waals surface area contributed by atoms with Crippen LogP contribution in [0.5, 0.6) is 0 Å². The average Bonchev–Trinajstić information content (AvgIpc) is 3.26. The molecule has 0 bridgehead atoms. The molecule has 178 valence electrons. The van der Waals surface area contributed by atoms with Crippen molar-refractivity contribution in [2.75, 3.05) is 44.8 Å². The van der Waals surface area contributed by atoms with Crippen molar-refractivity contribution in [3.8, 4) is 0 Å². The number of pyridine rings is 1. The summed E-state index contributed by atoms with van der Waals surface area (Å²) in [6, 6.07) is 10.2. The second kappa shape index (κ2) is 9.42. The zero-order valence-electron chi connectivity index (χ0n) is 19.7. The van der Waals surface area contributed by atoms with Gasteiger partial charge in [-0.05, 0) is 42.7 Å². The Morgan fingerprint density at radius 1 is 1.09 bits per heavy atom. The van der Waals surface area contributed by atoms with Crippen molar-refractivity contribution in [3.05, 3.63) is 54.0 Å². The number of ether oxygens (including phenoxy) is 1. The molecule has 2 aliphatic heterocycles. The van der Waals surface area contributed by atoms with E-state index in [1.165, 1.54) is 11.1 Å². The van der Waals surface area contributed by atoms with E-state index in [2.05, 4.69) is 40.0 Å². The number of hydrogen-bond donors (Lipinski definition) is 0. The highest BCUT2D eigenvalue weighted by Crippen LogP contribution is 2.31. The number of fused-ring (bicyclic) bond motifs is 2. The number of anilines is 1. The van der Waals surface area contributed by atoms with E-state index in [4.69, 9.17) is 4.74 Å². The van der Waals surface area contributed by atoms with Gasteiger partial charge in [0.2, 0.25) is 11.8 Å².